The summed E-state index contributed by atoms with van der Waals surface area (Å²) >= 11 is 0. The molecule has 1 unspecified atom stereocenters. The second kappa shape index (κ2) is 8.39. The summed E-state index contributed by atoms with van der Waals surface area (Å²) in [6, 6.07) is 0. The smallest absolute Gasteiger partial charge is 0.195 e. The van der Waals surface area contributed by atoms with Crippen molar-refractivity contribution in [3.05, 3.63) is 0 Å². The Morgan fingerprint density at radius 2 is 1.48 bits per heavy atom. The van der Waals surface area contributed by atoms with Gasteiger partial charge in [0.2, 0.25) is 0 Å². The number of ether oxygens (including phenoxy) is 1. The number of rotatable bonds is 7. The minimum atomic E-state index is -2.33. The second-order valence-electron chi connectivity index (χ2n) is 5.33. The van der Waals surface area contributed by atoms with Crippen molar-refractivity contribution in [3.8, 4) is 0 Å². The summed E-state index contributed by atoms with van der Waals surface area (Å²) in [5.41, 5.74) is 0. The van der Waals surface area contributed by atoms with E-state index in [-0.39, 0.29) is 0 Å². The van der Waals surface area contributed by atoms with Crippen LogP contribution in [0.5, 0.6) is 0 Å². The highest BCUT2D eigenvalue weighted by molar-refractivity contribution is 5.88. The third-order valence-electron chi connectivity index (χ3n) is 3.72. The predicted molar refractivity (Wildman–Crippen MR) is 69.9 cm³/mol. The summed E-state index contributed by atoms with van der Waals surface area (Å²) < 4.78 is 4.91. The monoisotopic (exact) mass is 342 g/mol. The van der Waals surface area contributed by atoms with Crippen molar-refractivity contribution in [2.45, 2.75) is 54.9 Å². The molecule has 11 nitrogen and oxygen atoms in total. The zero-order chi connectivity index (χ0) is 17.9. The summed E-state index contributed by atoms with van der Waals surface area (Å²) in [4.78, 5) is 12.1. The topological polar surface area (TPSA) is 208 Å². The van der Waals surface area contributed by atoms with Gasteiger partial charge in [-0.3, -0.25) is 4.79 Å². The number of carbonyl (C=O) groups is 1. The Kier molecular flexibility index (Phi) is 7.41. The largest absolute Gasteiger partial charge is 0.394 e. The molecule has 0 radical (unpaired) electrons. The average Bonchev–Trinajstić information content (AvgIpc) is 2.56. The van der Waals surface area contributed by atoms with Crippen molar-refractivity contribution in [2.24, 2.45) is 0 Å². The van der Waals surface area contributed by atoms with Crippen LogP contribution in [0.1, 0.15) is 0 Å². The Morgan fingerprint density at radius 3 is 1.96 bits per heavy atom. The first-order valence-corrected chi connectivity index (χ1v) is 6.84. The molecule has 0 bridgehead atoms. The number of aliphatic hydroxyl groups excluding tert-OH is 9. The second-order valence-corrected chi connectivity index (χ2v) is 5.33. The average molecular weight is 342 g/mol. The van der Waals surface area contributed by atoms with Crippen molar-refractivity contribution in [1.29, 1.82) is 0 Å². The number of ketones is 1. The van der Waals surface area contributed by atoms with Crippen molar-refractivity contribution >= 4 is 5.78 Å². The van der Waals surface area contributed by atoms with Crippen LogP contribution in [0.4, 0.5) is 0 Å². The Hall–Kier alpha value is -0.730. The van der Waals surface area contributed by atoms with E-state index in [4.69, 9.17) is 14.9 Å². The van der Waals surface area contributed by atoms with E-state index in [9.17, 15) is 40.5 Å². The highest BCUT2D eigenvalue weighted by Crippen LogP contribution is 2.23. The van der Waals surface area contributed by atoms with Gasteiger partial charge in [0.1, 0.15) is 54.9 Å². The summed E-state index contributed by atoms with van der Waals surface area (Å²) in [5, 5.41) is 84.5. The molecule has 23 heavy (non-hydrogen) atoms. The van der Waals surface area contributed by atoms with Gasteiger partial charge < -0.3 is 50.7 Å². The summed E-state index contributed by atoms with van der Waals surface area (Å²) in [6.07, 6.45) is -17.2. The van der Waals surface area contributed by atoms with Crippen LogP contribution in [0.3, 0.4) is 0 Å². The lowest BCUT2D eigenvalue weighted by Gasteiger charge is -2.40. The molecular weight excluding hydrogens is 320 g/mol. The number of Topliss-reactive ketones (excluding diaryl/α,β-unsaturated/α-hetero) is 1. The fraction of sp³-hybridized carbons (Fsp3) is 0.917. The molecule has 0 amide bonds. The van der Waals surface area contributed by atoms with Gasteiger partial charge >= 0.3 is 0 Å². The molecule has 9 N–H and O–H groups in total. The maximum atomic E-state index is 12.1. The standard InChI is InChI=1S/C12H22O11/c13-1-3(15)5(16)7(18)9(20)11(22)12-10(21)8(19)6(17)4(2-14)23-12/h3-10,12-21H,1-2H2/t3-,4-,5-,6-,7-,8+,9-,10-,12?/m1/s1. The highest BCUT2D eigenvalue weighted by atomic mass is 16.5. The molecule has 0 spiro atoms. The van der Waals surface area contributed by atoms with Gasteiger partial charge in [-0.25, -0.2) is 0 Å². The van der Waals surface area contributed by atoms with Gasteiger partial charge in [0.25, 0.3) is 0 Å². The van der Waals surface area contributed by atoms with Gasteiger partial charge in [-0.1, -0.05) is 0 Å². The SMILES string of the molecule is O=C(C1O[C@H](CO)[C@@H](O)[C@H](O)[C@H]1O)[C@H](O)[C@H](O)[C@H](O)[C@H](O)CO. The number of hydrogen-bond donors (Lipinski definition) is 9. The van der Waals surface area contributed by atoms with Gasteiger partial charge in [0.05, 0.1) is 13.2 Å². The van der Waals surface area contributed by atoms with Crippen molar-refractivity contribution in [1.82, 2.24) is 0 Å². The van der Waals surface area contributed by atoms with Crippen molar-refractivity contribution < 1.29 is 55.5 Å². The molecule has 0 aromatic carbocycles. The van der Waals surface area contributed by atoms with E-state index >= 15 is 0 Å². The highest BCUT2D eigenvalue weighted by Gasteiger charge is 2.49. The van der Waals surface area contributed by atoms with Crippen molar-refractivity contribution in [3.63, 3.8) is 0 Å². The molecule has 136 valence electrons. The molecule has 1 saturated heterocycles. The lowest BCUT2D eigenvalue weighted by molar-refractivity contribution is -0.231. The van der Waals surface area contributed by atoms with Gasteiger partial charge in [-0.2, -0.15) is 0 Å². The number of aliphatic hydroxyl groups is 9. The van der Waals surface area contributed by atoms with E-state index in [2.05, 4.69) is 0 Å². The molecule has 11 heteroatoms. The van der Waals surface area contributed by atoms with Gasteiger partial charge in [-0.15, -0.1) is 0 Å². The molecule has 0 aromatic rings. The molecular formula is C12H22O11. The van der Waals surface area contributed by atoms with E-state index in [0.717, 1.165) is 0 Å². The third kappa shape index (κ3) is 4.22. The summed E-state index contributed by atoms with van der Waals surface area (Å²) in [6.45, 7) is -1.74. The lowest BCUT2D eigenvalue weighted by atomic mass is 9.89. The van der Waals surface area contributed by atoms with E-state index < -0.39 is 73.9 Å². The van der Waals surface area contributed by atoms with Crippen LogP contribution in [0.25, 0.3) is 0 Å². The first kappa shape index (κ1) is 20.3. The van der Waals surface area contributed by atoms with Gasteiger partial charge in [-0.05, 0) is 0 Å². The summed E-state index contributed by atoms with van der Waals surface area (Å²) in [5.74, 6) is -1.35. The first-order chi connectivity index (χ1) is 10.7. The number of hydrogen-bond acceptors (Lipinski definition) is 11. The van der Waals surface area contributed by atoms with Crippen LogP contribution < -0.4 is 0 Å². The fourth-order valence-electron chi connectivity index (χ4n) is 2.20. The molecule has 0 aromatic heterocycles. The van der Waals surface area contributed by atoms with Gasteiger partial charge in [0.15, 0.2) is 5.78 Å². The first-order valence-electron chi connectivity index (χ1n) is 6.84. The zero-order valence-electron chi connectivity index (χ0n) is 12.0. The zero-order valence-corrected chi connectivity index (χ0v) is 12.0. The third-order valence-corrected chi connectivity index (χ3v) is 3.72. The van der Waals surface area contributed by atoms with Crippen LogP contribution in [0.15, 0.2) is 0 Å². The lowest BCUT2D eigenvalue weighted by Crippen LogP contribution is -2.63. The molecule has 1 rings (SSSR count). The maximum Gasteiger partial charge on any atom is 0.195 e. The van der Waals surface area contributed by atoms with Gasteiger partial charge in [0, 0.05) is 0 Å². The van der Waals surface area contributed by atoms with Crippen LogP contribution >= 0.6 is 0 Å². The predicted octanol–water partition coefficient (Wildman–Crippen LogP) is -6.17. The fourth-order valence-corrected chi connectivity index (χ4v) is 2.20. The van der Waals surface area contributed by atoms with Crippen LogP contribution in [0, 0.1) is 0 Å². The molecule has 0 aliphatic carbocycles. The molecule has 1 fully saturated rings. The van der Waals surface area contributed by atoms with Crippen LogP contribution in [0.2, 0.25) is 0 Å². The van der Waals surface area contributed by atoms with E-state index in [1.165, 1.54) is 0 Å². The Labute approximate surface area is 130 Å². The maximum absolute atomic E-state index is 12.1. The Balaban J connectivity index is 2.85. The van der Waals surface area contributed by atoms with E-state index in [1.54, 1.807) is 0 Å². The quantitative estimate of drug-likeness (QED) is 0.212. The van der Waals surface area contributed by atoms with E-state index in [1.807, 2.05) is 0 Å². The minimum Gasteiger partial charge on any atom is -0.394 e. The molecule has 1 aliphatic heterocycles. The molecule has 1 aliphatic rings. The van der Waals surface area contributed by atoms with Crippen LogP contribution in [-0.4, -0.2) is 120 Å². The molecule has 0 saturated carbocycles. The summed E-state index contributed by atoms with van der Waals surface area (Å²) in [7, 11) is 0. The van der Waals surface area contributed by atoms with Crippen molar-refractivity contribution in [2.75, 3.05) is 13.2 Å². The van der Waals surface area contributed by atoms with E-state index in [0.29, 0.717) is 0 Å². The molecule has 1 heterocycles. The Bertz CT molecular complexity index is 389. The minimum absolute atomic E-state index is 0.792. The molecule has 9 atom stereocenters. The number of carbonyl (C=O) groups excluding carboxylic acids is 1. The van der Waals surface area contributed by atoms with Crippen LogP contribution in [-0.2, 0) is 9.53 Å². The Morgan fingerprint density at radius 1 is 0.913 bits per heavy atom. The normalized spacial score (nSPS) is 37.0.